The van der Waals surface area contributed by atoms with Crippen LogP contribution in [0.15, 0.2) is 17.5 Å². The monoisotopic (exact) mass is 511 g/mol. The molecule has 2 atom stereocenters. The molecule has 2 fully saturated rings. The molecular weight excluding hydrogens is 477 g/mol. The first-order valence-electron chi connectivity index (χ1n) is 13.4. The molecule has 2 aliphatic carbocycles. The average Bonchev–Trinajstić information content (AvgIpc) is 3.67. The lowest BCUT2D eigenvalue weighted by Gasteiger charge is -2.34. The van der Waals surface area contributed by atoms with Gasteiger partial charge in [0.1, 0.15) is 22.6 Å². The molecule has 0 spiro atoms. The Morgan fingerprint density at radius 1 is 1.08 bits per heavy atom. The van der Waals surface area contributed by atoms with Crippen molar-refractivity contribution in [3.63, 3.8) is 0 Å². The third-order valence-electron chi connectivity index (χ3n) is 8.07. The quantitative estimate of drug-likeness (QED) is 0.522. The van der Waals surface area contributed by atoms with Crippen molar-refractivity contribution < 1.29 is 18.8 Å². The maximum atomic E-state index is 14.2. The Bertz CT molecular complexity index is 1160. The summed E-state index contributed by atoms with van der Waals surface area (Å²) in [4.78, 5) is 46.0. The van der Waals surface area contributed by atoms with Gasteiger partial charge in [-0.1, -0.05) is 26.2 Å². The highest BCUT2D eigenvalue weighted by atomic mass is 32.1. The molecule has 1 saturated carbocycles. The molecule has 1 aromatic carbocycles. The number of nitrogens with zero attached hydrogens (tertiary/aromatic N) is 2. The highest BCUT2D eigenvalue weighted by Crippen LogP contribution is 2.37. The van der Waals surface area contributed by atoms with Gasteiger partial charge in [0, 0.05) is 23.9 Å². The molecule has 1 N–H and O–H groups in total. The number of nitrogens with one attached hydrogen (secondary N) is 1. The summed E-state index contributed by atoms with van der Waals surface area (Å²) >= 11 is 1.41. The van der Waals surface area contributed by atoms with Gasteiger partial charge in [-0.25, -0.2) is 9.37 Å². The van der Waals surface area contributed by atoms with E-state index in [4.69, 9.17) is 4.98 Å². The Morgan fingerprint density at radius 3 is 2.64 bits per heavy atom. The molecule has 6 nitrogen and oxygen atoms in total. The van der Waals surface area contributed by atoms with E-state index in [1.54, 1.807) is 18.4 Å². The van der Waals surface area contributed by atoms with Crippen molar-refractivity contribution in [1.29, 1.82) is 0 Å². The van der Waals surface area contributed by atoms with Gasteiger partial charge >= 0.3 is 0 Å². The molecule has 8 heteroatoms. The number of likely N-dealkylation sites (tertiary alicyclic amines) is 1. The van der Waals surface area contributed by atoms with Crippen LogP contribution < -0.4 is 5.32 Å². The Kier molecular flexibility index (Phi) is 7.51. The standard InChI is InChI=1S/C28H34FN3O3S/c1-2-24(33)31-25(17-8-4-3-5-9-17)28(35)32-15-7-12-23(32)27-30-22(16-36-27)26(34)20-13-14-21(29)19-11-6-10-18(19)20/h13-14,16-17,23,25H,2-12,15H2,1H3,(H,31,33)/t23-,25-/m0/s1. The van der Waals surface area contributed by atoms with Crippen LogP contribution in [0, 0.1) is 11.7 Å². The maximum Gasteiger partial charge on any atom is 0.246 e. The predicted molar refractivity (Wildman–Crippen MR) is 136 cm³/mol. The molecular formula is C28H34FN3O3S. The van der Waals surface area contributed by atoms with Crippen molar-refractivity contribution in [3.8, 4) is 0 Å². The normalized spacial score (nSPS) is 20.8. The summed E-state index contributed by atoms with van der Waals surface area (Å²) in [5.41, 5.74) is 2.37. The van der Waals surface area contributed by atoms with Crippen LogP contribution in [-0.2, 0) is 22.4 Å². The van der Waals surface area contributed by atoms with E-state index in [0.717, 1.165) is 55.5 Å². The summed E-state index contributed by atoms with van der Waals surface area (Å²) in [6.07, 6.45) is 9.51. The van der Waals surface area contributed by atoms with Crippen LogP contribution in [0.5, 0.6) is 0 Å². The lowest BCUT2D eigenvalue weighted by molar-refractivity contribution is -0.139. The molecule has 0 unspecified atom stereocenters. The fraction of sp³-hybridized carbons (Fsp3) is 0.571. The average molecular weight is 512 g/mol. The van der Waals surface area contributed by atoms with Gasteiger partial charge in [0.15, 0.2) is 0 Å². The minimum atomic E-state index is -0.499. The number of rotatable bonds is 7. The van der Waals surface area contributed by atoms with Crippen LogP contribution in [0.25, 0.3) is 0 Å². The zero-order valence-corrected chi connectivity index (χ0v) is 21.7. The largest absolute Gasteiger partial charge is 0.344 e. The lowest BCUT2D eigenvalue weighted by atomic mass is 9.83. The topological polar surface area (TPSA) is 79.4 Å². The number of carbonyl (C=O) groups excluding carboxylic acids is 3. The first-order valence-corrected chi connectivity index (χ1v) is 14.3. The fourth-order valence-electron chi connectivity index (χ4n) is 6.15. The number of fused-ring (bicyclic) bond motifs is 1. The van der Waals surface area contributed by atoms with Crippen molar-refractivity contribution in [2.45, 2.75) is 89.6 Å². The van der Waals surface area contributed by atoms with Gasteiger partial charge in [-0.15, -0.1) is 11.3 Å². The number of carbonyl (C=O) groups is 3. The van der Waals surface area contributed by atoms with E-state index in [1.165, 1.54) is 23.8 Å². The molecule has 5 rings (SSSR count). The summed E-state index contributed by atoms with van der Waals surface area (Å²) in [6.45, 7) is 2.43. The number of ketones is 1. The van der Waals surface area contributed by atoms with Gasteiger partial charge in [-0.3, -0.25) is 14.4 Å². The zero-order valence-electron chi connectivity index (χ0n) is 20.9. The molecule has 1 saturated heterocycles. The van der Waals surface area contributed by atoms with Gasteiger partial charge in [0.05, 0.1) is 6.04 Å². The molecule has 2 aromatic rings. The van der Waals surface area contributed by atoms with E-state index >= 15 is 0 Å². The lowest BCUT2D eigenvalue weighted by Crippen LogP contribution is -2.52. The van der Waals surface area contributed by atoms with Crippen LogP contribution in [0.3, 0.4) is 0 Å². The number of thiazole rings is 1. The first kappa shape index (κ1) is 25.1. The SMILES string of the molecule is CCC(=O)N[C@H](C(=O)N1CCC[C@H]1c1nc(C(=O)c2ccc(F)c3c2CCC3)cs1)C1CCCCC1. The molecule has 0 bridgehead atoms. The second-order valence-electron chi connectivity index (χ2n) is 10.3. The van der Waals surface area contributed by atoms with E-state index in [-0.39, 0.29) is 35.4 Å². The second-order valence-corrected chi connectivity index (χ2v) is 11.2. The van der Waals surface area contributed by atoms with Gasteiger partial charge in [0.2, 0.25) is 17.6 Å². The second kappa shape index (κ2) is 10.8. The van der Waals surface area contributed by atoms with Gasteiger partial charge < -0.3 is 10.2 Å². The minimum absolute atomic E-state index is 0.0226. The Morgan fingerprint density at radius 2 is 1.86 bits per heavy atom. The van der Waals surface area contributed by atoms with E-state index in [1.807, 2.05) is 4.90 Å². The van der Waals surface area contributed by atoms with E-state index in [0.29, 0.717) is 42.6 Å². The highest BCUT2D eigenvalue weighted by Gasteiger charge is 2.39. The molecule has 1 aromatic heterocycles. The van der Waals surface area contributed by atoms with Crippen LogP contribution in [0.1, 0.15) is 103 Å². The number of hydrogen-bond donors (Lipinski definition) is 1. The first-order chi connectivity index (χ1) is 17.5. The number of aromatic nitrogens is 1. The van der Waals surface area contributed by atoms with E-state index in [9.17, 15) is 18.8 Å². The predicted octanol–water partition coefficient (Wildman–Crippen LogP) is 5.14. The Hall–Kier alpha value is -2.61. The van der Waals surface area contributed by atoms with Crippen LogP contribution in [0.4, 0.5) is 4.39 Å². The number of hydrogen-bond acceptors (Lipinski definition) is 5. The Balaban J connectivity index is 1.36. The molecule has 0 radical (unpaired) electrons. The molecule has 2 heterocycles. The van der Waals surface area contributed by atoms with Gasteiger partial charge in [0.25, 0.3) is 0 Å². The van der Waals surface area contributed by atoms with Crippen molar-refractivity contribution in [3.05, 3.63) is 50.7 Å². The zero-order chi connectivity index (χ0) is 25.2. The fourth-order valence-corrected chi connectivity index (χ4v) is 7.09. The number of halogens is 1. The number of benzene rings is 1. The third kappa shape index (κ3) is 4.84. The summed E-state index contributed by atoms with van der Waals surface area (Å²) in [7, 11) is 0. The van der Waals surface area contributed by atoms with Crippen LogP contribution in [-0.4, -0.2) is 40.1 Å². The minimum Gasteiger partial charge on any atom is -0.344 e. The van der Waals surface area contributed by atoms with Crippen molar-refractivity contribution in [2.75, 3.05) is 6.54 Å². The van der Waals surface area contributed by atoms with E-state index in [2.05, 4.69) is 5.32 Å². The van der Waals surface area contributed by atoms with Crippen molar-refractivity contribution >= 4 is 28.9 Å². The summed E-state index contributed by atoms with van der Waals surface area (Å²) < 4.78 is 14.2. The van der Waals surface area contributed by atoms with Crippen LogP contribution >= 0.6 is 11.3 Å². The van der Waals surface area contributed by atoms with Gasteiger partial charge in [-0.05, 0) is 74.1 Å². The highest BCUT2D eigenvalue weighted by molar-refractivity contribution is 7.10. The van der Waals surface area contributed by atoms with Crippen LogP contribution in [0.2, 0.25) is 0 Å². The number of amides is 2. The summed E-state index contributed by atoms with van der Waals surface area (Å²) in [5.74, 6) is -0.367. The van der Waals surface area contributed by atoms with Crippen molar-refractivity contribution in [2.24, 2.45) is 5.92 Å². The van der Waals surface area contributed by atoms with Gasteiger partial charge in [-0.2, -0.15) is 0 Å². The maximum absolute atomic E-state index is 14.2. The summed E-state index contributed by atoms with van der Waals surface area (Å²) in [6, 6.07) is 2.28. The van der Waals surface area contributed by atoms with E-state index < -0.39 is 6.04 Å². The molecule has 192 valence electrons. The molecule has 2 amide bonds. The third-order valence-corrected chi connectivity index (χ3v) is 9.02. The molecule has 1 aliphatic heterocycles. The molecule has 3 aliphatic rings. The van der Waals surface area contributed by atoms with Crippen molar-refractivity contribution in [1.82, 2.24) is 15.2 Å². The molecule has 36 heavy (non-hydrogen) atoms. The smallest absolute Gasteiger partial charge is 0.246 e. The summed E-state index contributed by atoms with van der Waals surface area (Å²) in [5, 5.41) is 5.55. The Labute approximate surface area is 215 Å².